The van der Waals surface area contributed by atoms with Crippen LogP contribution in [-0.2, 0) is 6.54 Å². The lowest BCUT2D eigenvalue weighted by molar-refractivity contribution is 0.259. The smallest absolute Gasteiger partial charge is 0.108 e. The van der Waals surface area contributed by atoms with Gasteiger partial charge in [0.25, 0.3) is 0 Å². The molecule has 22 heavy (non-hydrogen) atoms. The first kappa shape index (κ1) is 18.0. The molecule has 1 aliphatic carbocycles. The van der Waals surface area contributed by atoms with Crippen LogP contribution >= 0.6 is 36.2 Å². The van der Waals surface area contributed by atoms with Gasteiger partial charge in [0.15, 0.2) is 0 Å². The standard InChI is InChI=1S/C16H21N3S.2ClH/c17-13-5-3-4-11-8-19(9-12(11)13)10-16-18-14-6-1-2-7-15(14)20-16;;/h1-2,6-7,11-13H,3-5,8-10,17H2;2*1H. The maximum atomic E-state index is 6.30. The van der Waals surface area contributed by atoms with E-state index in [-0.39, 0.29) is 24.8 Å². The molecular weight excluding hydrogens is 337 g/mol. The third kappa shape index (κ3) is 3.41. The molecule has 2 aliphatic rings. The van der Waals surface area contributed by atoms with Gasteiger partial charge in [-0.05, 0) is 36.8 Å². The predicted molar refractivity (Wildman–Crippen MR) is 98.2 cm³/mol. The SMILES string of the molecule is Cl.Cl.NC1CCCC2CN(Cc3nc4ccccc4s3)CC12. The molecular formula is C16H23Cl2N3S. The Morgan fingerprint density at radius 2 is 2.00 bits per heavy atom. The average molecular weight is 360 g/mol. The Bertz CT molecular complexity index is 585. The number of hydrogen-bond acceptors (Lipinski definition) is 4. The minimum Gasteiger partial charge on any atom is -0.327 e. The summed E-state index contributed by atoms with van der Waals surface area (Å²) in [4.78, 5) is 7.33. The highest BCUT2D eigenvalue weighted by Crippen LogP contribution is 2.36. The summed E-state index contributed by atoms with van der Waals surface area (Å²) in [5.41, 5.74) is 7.44. The van der Waals surface area contributed by atoms with Gasteiger partial charge >= 0.3 is 0 Å². The van der Waals surface area contributed by atoms with E-state index in [9.17, 15) is 0 Å². The van der Waals surface area contributed by atoms with Gasteiger partial charge in [-0.15, -0.1) is 36.2 Å². The van der Waals surface area contributed by atoms with Gasteiger partial charge in [0.2, 0.25) is 0 Å². The van der Waals surface area contributed by atoms with Crippen LogP contribution in [0.5, 0.6) is 0 Å². The van der Waals surface area contributed by atoms with Gasteiger partial charge in [0.05, 0.1) is 16.8 Å². The van der Waals surface area contributed by atoms with Crippen LogP contribution in [0.3, 0.4) is 0 Å². The van der Waals surface area contributed by atoms with Crippen LogP contribution in [0.4, 0.5) is 0 Å². The fourth-order valence-electron chi connectivity index (χ4n) is 3.92. The first-order valence-corrected chi connectivity index (χ1v) is 8.43. The molecule has 2 heterocycles. The fraction of sp³-hybridized carbons (Fsp3) is 0.562. The molecule has 1 saturated heterocycles. The molecule has 1 saturated carbocycles. The van der Waals surface area contributed by atoms with Gasteiger partial charge < -0.3 is 5.73 Å². The number of likely N-dealkylation sites (tertiary alicyclic amines) is 1. The van der Waals surface area contributed by atoms with Crippen molar-refractivity contribution in [3.63, 3.8) is 0 Å². The fourth-order valence-corrected chi connectivity index (χ4v) is 4.93. The lowest BCUT2D eigenvalue weighted by Crippen LogP contribution is -2.38. The van der Waals surface area contributed by atoms with Crippen LogP contribution in [-0.4, -0.2) is 29.0 Å². The van der Waals surface area contributed by atoms with Crippen LogP contribution in [0, 0.1) is 11.8 Å². The Morgan fingerprint density at radius 3 is 2.77 bits per heavy atom. The second-order valence-electron chi connectivity index (χ2n) is 6.29. The Hall–Kier alpha value is -0.390. The van der Waals surface area contributed by atoms with Crippen molar-refractivity contribution < 1.29 is 0 Å². The molecule has 3 atom stereocenters. The normalized spacial score (nSPS) is 28.0. The molecule has 0 radical (unpaired) electrons. The summed E-state index contributed by atoms with van der Waals surface area (Å²) in [5.74, 6) is 1.55. The number of nitrogens with two attached hydrogens (primary N) is 1. The number of nitrogens with zero attached hydrogens (tertiary/aromatic N) is 2. The Labute approximate surface area is 148 Å². The molecule has 1 aliphatic heterocycles. The molecule has 122 valence electrons. The maximum absolute atomic E-state index is 6.30. The van der Waals surface area contributed by atoms with Crippen molar-refractivity contribution in [2.45, 2.75) is 31.8 Å². The van der Waals surface area contributed by atoms with Crippen LogP contribution in [0.15, 0.2) is 24.3 Å². The van der Waals surface area contributed by atoms with Gasteiger partial charge in [-0.2, -0.15) is 0 Å². The quantitative estimate of drug-likeness (QED) is 0.888. The molecule has 2 N–H and O–H groups in total. The molecule has 2 aromatic rings. The Morgan fingerprint density at radius 1 is 1.18 bits per heavy atom. The number of hydrogen-bond donors (Lipinski definition) is 1. The molecule has 3 unspecified atom stereocenters. The van der Waals surface area contributed by atoms with Gasteiger partial charge in [-0.3, -0.25) is 4.90 Å². The third-order valence-electron chi connectivity index (χ3n) is 4.93. The van der Waals surface area contributed by atoms with E-state index in [4.69, 9.17) is 10.7 Å². The average Bonchev–Trinajstić information content (AvgIpc) is 3.02. The van der Waals surface area contributed by atoms with Crippen LogP contribution in [0.2, 0.25) is 0 Å². The maximum Gasteiger partial charge on any atom is 0.108 e. The van der Waals surface area contributed by atoms with Crippen molar-refractivity contribution in [3.8, 4) is 0 Å². The first-order valence-electron chi connectivity index (χ1n) is 7.62. The van der Waals surface area contributed by atoms with Gasteiger partial charge in [0.1, 0.15) is 5.01 Å². The number of rotatable bonds is 2. The zero-order valence-corrected chi connectivity index (χ0v) is 14.9. The Kier molecular flexibility index (Phi) is 6.08. The summed E-state index contributed by atoms with van der Waals surface area (Å²) in [6, 6.07) is 8.85. The van der Waals surface area contributed by atoms with Crippen LogP contribution in [0.1, 0.15) is 24.3 Å². The summed E-state index contributed by atoms with van der Waals surface area (Å²) in [5, 5.41) is 1.25. The van der Waals surface area contributed by atoms with Crippen molar-refractivity contribution in [1.29, 1.82) is 0 Å². The van der Waals surface area contributed by atoms with Crippen molar-refractivity contribution in [1.82, 2.24) is 9.88 Å². The minimum absolute atomic E-state index is 0. The van der Waals surface area contributed by atoms with E-state index in [1.807, 2.05) is 11.3 Å². The molecule has 1 aromatic heterocycles. The molecule has 3 nitrogen and oxygen atoms in total. The van der Waals surface area contributed by atoms with Crippen molar-refractivity contribution >= 4 is 46.4 Å². The van der Waals surface area contributed by atoms with E-state index < -0.39 is 0 Å². The monoisotopic (exact) mass is 359 g/mol. The van der Waals surface area contributed by atoms with Gasteiger partial charge in [0, 0.05) is 19.1 Å². The van der Waals surface area contributed by atoms with E-state index >= 15 is 0 Å². The summed E-state index contributed by atoms with van der Waals surface area (Å²) >= 11 is 1.83. The molecule has 0 amide bonds. The number of fused-ring (bicyclic) bond motifs is 2. The molecule has 4 rings (SSSR count). The zero-order valence-electron chi connectivity index (χ0n) is 12.5. The largest absolute Gasteiger partial charge is 0.327 e. The number of aromatic nitrogens is 1. The molecule has 6 heteroatoms. The van der Waals surface area contributed by atoms with Crippen molar-refractivity contribution in [2.24, 2.45) is 17.6 Å². The minimum atomic E-state index is 0. The van der Waals surface area contributed by atoms with Crippen LogP contribution in [0.25, 0.3) is 10.2 Å². The highest BCUT2D eigenvalue weighted by molar-refractivity contribution is 7.18. The third-order valence-corrected chi connectivity index (χ3v) is 5.95. The summed E-state index contributed by atoms with van der Waals surface area (Å²) < 4.78 is 1.30. The number of benzene rings is 1. The molecule has 0 bridgehead atoms. The van der Waals surface area contributed by atoms with Gasteiger partial charge in [-0.25, -0.2) is 4.98 Å². The second kappa shape index (κ2) is 7.45. The number of thiazole rings is 1. The molecule has 1 aromatic carbocycles. The summed E-state index contributed by atoms with van der Waals surface area (Å²) in [6.07, 6.45) is 3.90. The van der Waals surface area contributed by atoms with E-state index in [0.29, 0.717) is 6.04 Å². The lowest BCUT2D eigenvalue weighted by Gasteiger charge is -2.29. The number of halogens is 2. The summed E-state index contributed by atoms with van der Waals surface area (Å²) in [6.45, 7) is 3.38. The molecule has 0 spiro atoms. The van der Waals surface area contributed by atoms with E-state index in [1.165, 1.54) is 42.1 Å². The van der Waals surface area contributed by atoms with Gasteiger partial charge in [-0.1, -0.05) is 18.6 Å². The van der Waals surface area contributed by atoms with E-state index in [2.05, 4.69) is 29.2 Å². The first-order chi connectivity index (χ1) is 9.79. The Balaban J connectivity index is 0.000000882. The second-order valence-corrected chi connectivity index (χ2v) is 7.40. The highest BCUT2D eigenvalue weighted by atomic mass is 35.5. The lowest BCUT2D eigenvalue weighted by atomic mass is 9.78. The van der Waals surface area contributed by atoms with Crippen LogP contribution < -0.4 is 5.73 Å². The van der Waals surface area contributed by atoms with Crippen molar-refractivity contribution in [2.75, 3.05) is 13.1 Å². The summed E-state index contributed by atoms with van der Waals surface area (Å²) in [7, 11) is 0. The highest BCUT2D eigenvalue weighted by Gasteiger charge is 2.38. The number of para-hydroxylation sites is 1. The molecule has 2 fully saturated rings. The predicted octanol–water partition coefficient (Wildman–Crippen LogP) is 3.70. The van der Waals surface area contributed by atoms with Crippen molar-refractivity contribution in [3.05, 3.63) is 29.3 Å². The zero-order chi connectivity index (χ0) is 13.5. The topological polar surface area (TPSA) is 42.1 Å². The van der Waals surface area contributed by atoms with E-state index in [0.717, 1.165) is 23.9 Å². The van der Waals surface area contributed by atoms with E-state index in [1.54, 1.807) is 0 Å².